The molecular formula is C24H25N3O. The fraction of sp³-hybridized carbons (Fsp3) is 0.333. The van der Waals surface area contributed by atoms with E-state index in [0.29, 0.717) is 0 Å². The molecule has 1 aliphatic heterocycles. The van der Waals surface area contributed by atoms with Crippen LogP contribution in [0.4, 0.5) is 0 Å². The van der Waals surface area contributed by atoms with E-state index in [1.165, 1.54) is 5.56 Å². The summed E-state index contributed by atoms with van der Waals surface area (Å²) in [4.78, 5) is 20.5. The van der Waals surface area contributed by atoms with E-state index in [0.717, 1.165) is 73.0 Å². The summed E-state index contributed by atoms with van der Waals surface area (Å²) in [5.74, 6) is 0.0725. The molecule has 0 saturated carbocycles. The van der Waals surface area contributed by atoms with Crippen LogP contribution in [0.2, 0.25) is 0 Å². The molecule has 1 saturated heterocycles. The summed E-state index contributed by atoms with van der Waals surface area (Å²) in [5.41, 5.74) is 5.40. The number of hydrogen-bond acceptors (Lipinski definition) is 3. The molecule has 5 rings (SSSR count). The molecule has 1 fully saturated rings. The second kappa shape index (κ2) is 7.36. The SMILES string of the molecule is O=C(NC1CCN(Cc2ccccc2)C1)c1c2c(nc3ccccc13)CCC2. The van der Waals surface area contributed by atoms with E-state index >= 15 is 0 Å². The van der Waals surface area contributed by atoms with Gasteiger partial charge in [-0.1, -0.05) is 48.5 Å². The number of carbonyl (C=O) groups is 1. The van der Waals surface area contributed by atoms with E-state index in [-0.39, 0.29) is 11.9 Å². The third-order valence-electron chi connectivity index (χ3n) is 6.00. The number of benzene rings is 2. The Kier molecular flexibility index (Phi) is 4.57. The number of aromatic nitrogens is 1. The number of pyridine rings is 1. The lowest BCUT2D eigenvalue weighted by Crippen LogP contribution is -2.37. The van der Waals surface area contributed by atoms with Gasteiger partial charge < -0.3 is 5.32 Å². The van der Waals surface area contributed by atoms with Crippen molar-refractivity contribution in [3.63, 3.8) is 0 Å². The van der Waals surface area contributed by atoms with Gasteiger partial charge in [-0.05, 0) is 42.9 Å². The summed E-state index contributed by atoms with van der Waals surface area (Å²) >= 11 is 0. The number of amides is 1. The first-order valence-corrected chi connectivity index (χ1v) is 10.3. The molecule has 142 valence electrons. The molecule has 0 bridgehead atoms. The summed E-state index contributed by atoms with van der Waals surface area (Å²) < 4.78 is 0. The van der Waals surface area contributed by atoms with Gasteiger partial charge in [-0.25, -0.2) is 0 Å². The zero-order valence-electron chi connectivity index (χ0n) is 16.0. The predicted octanol–water partition coefficient (Wildman–Crippen LogP) is 3.73. The zero-order valence-corrected chi connectivity index (χ0v) is 16.0. The number of rotatable bonds is 4. The van der Waals surface area contributed by atoms with E-state index in [2.05, 4.69) is 34.5 Å². The fourth-order valence-electron chi connectivity index (χ4n) is 4.66. The molecule has 2 aliphatic rings. The van der Waals surface area contributed by atoms with Crippen molar-refractivity contribution in [2.24, 2.45) is 0 Å². The lowest BCUT2D eigenvalue weighted by molar-refractivity contribution is 0.0938. The van der Waals surface area contributed by atoms with Gasteiger partial charge in [0.25, 0.3) is 5.91 Å². The molecule has 2 heterocycles. The van der Waals surface area contributed by atoms with Crippen molar-refractivity contribution < 1.29 is 4.79 Å². The van der Waals surface area contributed by atoms with Crippen molar-refractivity contribution in [1.29, 1.82) is 0 Å². The highest BCUT2D eigenvalue weighted by molar-refractivity contribution is 6.08. The van der Waals surface area contributed by atoms with Crippen LogP contribution in [-0.4, -0.2) is 34.9 Å². The molecule has 1 amide bonds. The Morgan fingerprint density at radius 1 is 1.07 bits per heavy atom. The number of carbonyl (C=O) groups excluding carboxylic acids is 1. The normalized spacial score (nSPS) is 19.1. The van der Waals surface area contributed by atoms with Crippen LogP contribution < -0.4 is 5.32 Å². The van der Waals surface area contributed by atoms with Crippen molar-refractivity contribution >= 4 is 16.8 Å². The summed E-state index contributed by atoms with van der Waals surface area (Å²) in [7, 11) is 0. The van der Waals surface area contributed by atoms with E-state index in [9.17, 15) is 4.79 Å². The summed E-state index contributed by atoms with van der Waals surface area (Å²) in [5, 5.41) is 4.31. The Bertz CT molecular complexity index is 1020. The summed E-state index contributed by atoms with van der Waals surface area (Å²) in [6, 6.07) is 18.8. The second-order valence-electron chi connectivity index (χ2n) is 7.96. The minimum absolute atomic E-state index is 0.0725. The minimum Gasteiger partial charge on any atom is -0.348 e. The Labute approximate surface area is 165 Å². The fourth-order valence-corrected chi connectivity index (χ4v) is 4.66. The zero-order chi connectivity index (χ0) is 18.9. The molecule has 1 aliphatic carbocycles. The van der Waals surface area contributed by atoms with Crippen LogP contribution in [0, 0.1) is 0 Å². The van der Waals surface area contributed by atoms with Gasteiger partial charge in [-0.15, -0.1) is 0 Å². The highest BCUT2D eigenvalue weighted by Crippen LogP contribution is 2.30. The van der Waals surface area contributed by atoms with Crippen LogP contribution >= 0.6 is 0 Å². The number of nitrogens with one attached hydrogen (secondary N) is 1. The van der Waals surface area contributed by atoms with Gasteiger partial charge in [0.15, 0.2) is 0 Å². The summed E-state index contributed by atoms with van der Waals surface area (Å²) in [6.07, 6.45) is 4.03. The van der Waals surface area contributed by atoms with Gasteiger partial charge >= 0.3 is 0 Å². The molecule has 2 aromatic carbocycles. The molecule has 1 N–H and O–H groups in total. The van der Waals surface area contributed by atoms with Gasteiger partial charge in [-0.2, -0.15) is 0 Å². The van der Waals surface area contributed by atoms with Crippen LogP contribution in [0.3, 0.4) is 0 Å². The van der Waals surface area contributed by atoms with Crippen LogP contribution in [0.25, 0.3) is 10.9 Å². The van der Waals surface area contributed by atoms with Crippen molar-refractivity contribution in [3.05, 3.63) is 77.0 Å². The number of likely N-dealkylation sites (tertiary alicyclic amines) is 1. The van der Waals surface area contributed by atoms with Crippen molar-refractivity contribution in [2.75, 3.05) is 13.1 Å². The predicted molar refractivity (Wildman–Crippen MR) is 111 cm³/mol. The van der Waals surface area contributed by atoms with Gasteiger partial charge in [0, 0.05) is 36.8 Å². The minimum atomic E-state index is 0.0725. The molecule has 0 spiro atoms. The molecular weight excluding hydrogens is 346 g/mol. The molecule has 4 heteroatoms. The van der Waals surface area contributed by atoms with E-state index in [1.807, 2.05) is 30.3 Å². The standard InChI is InChI=1S/C24H25N3O/c28-24(25-18-13-14-27(16-18)15-17-7-2-1-3-8-17)23-19-9-4-5-11-21(19)26-22-12-6-10-20(22)23/h1-5,7-9,11,18H,6,10,12-16H2,(H,25,28). The third-order valence-corrected chi connectivity index (χ3v) is 6.00. The molecule has 1 atom stereocenters. The van der Waals surface area contributed by atoms with Crippen LogP contribution in [-0.2, 0) is 19.4 Å². The maximum absolute atomic E-state index is 13.3. The highest BCUT2D eigenvalue weighted by Gasteiger charge is 2.28. The number of aryl methyl sites for hydroxylation is 1. The topological polar surface area (TPSA) is 45.2 Å². The Morgan fingerprint density at radius 3 is 2.79 bits per heavy atom. The lowest BCUT2D eigenvalue weighted by Gasteiger charge is -2.18. The molecule has 3 aromatic rings. The lowest BCUT2D eigenvalue weighted by atomic mass is 10.00. The van der Waals surface area contributed by atoms with E-state index in [1.54, 1.807) is 0 Å². The number of fused-ring (bicyclic) bond motifs is 2. The van der Waals surface area contributed by atoms with Crippen LogP contribution in [0.5, 0.6) is 0 Å². The maximum atomic E-state index is 13.3. The highest BCUT2D eigenvalue weighted by atomic mass is 16.1. The second-order valence-corrected chi connectivity index (χ2v) is 7.96. The Balaban J connectivity index is 1.34. The quantitative estimate of drug-likeness (QED) is 0.760. The number of hydrogen-bond donors (Lipinski definition) is 1. The van der Waals surface area contributed by atoms with Gasteiger partial charge in [0.05, 0.1) is 11.1 Å². The van der Waals surface area contributed by atoms with E-state index in [4.69, 9.17) is 4.98 Å². The molecule has 0 radical (unpaired) electrons. The van der Waals surface area contributed by atoms with Gasteiger partial charge in [0.2, 0.25) is 0 Å². The van der Waals surface area contributed by atoms with Gasteiger partial charge in [-0.3, -0.25) is 14.7 Å². The summed E-state index contributed by atoms with van der Waals surface area (Å²) in [6.45, 7) is 2.88. The number of nitrogens with zero attached hydrogens (tertiary/aromatic N) is 2. The molecule has 1 unspecified atom stereocenters. The van der Waals surface area contributed by atoms with Crippen molar-refractivity contribution in [3.8, 4) is 0 Å². The first-order chi connectivity index (χ1) is 13.8. The first kappa shape index (κ1) is 17.4. The van der Waals surface area contributed by atoms with Crippen LogP contribution in [0.1, 0.15) is 40.0 Å². The number of para-hydroxylation sites is 1. The first-order valence-electron chi connectivity index (χ1n) is 10.3. The molecule has 4 nitrogen and oxygen atoms in total. The molecule has 1 aromatic heterocycles. The monoisotopic (exact) mass is 371 g/mol. The maximum Gasteiger partial charge on any atom is 0.252 e. The largest absolute Gasteiger partial charge is 0.348 e. The third kappa shape index (κ3) is 3.29. The smallest absolute Gasteiger partial charge is 0.252 e. The van der Waals surface area contributed by atoms with Gasteiger partial charge in [0.1, 0.15) is 0 Å². The Morgan fingerprint density at radius 2 is 1.89 bits per heavy atom. The average molecular weight is 371 g/mol. The van der Waals surface area contributed by atoms with E-state index < -0.39 is 0 Å². The van der Waals surface area contributed by atoms with Crippen molar-refractivity contribution in [1.82, 2.24) is 15.2 Å². The Hall–Kier alpha value is -2.72. The van der Waals surface area contributed by atoms with Crippen molar-refractivity contribution in [2.45, 2.75) is 38.3 Å². The molecule has 28 heavy (non-hydrogen) atoms. The average Bonchev–Trinajstić information content (AvgIpc) is 3.35. The van der Waals surface area contributed by atoms with Crippen LogP contribution in [0.15, 0.2) is 54.6 Å².